The van der Waals surface area contributed by atoms with E-state index in [-0.39, 0.29) is 51.4 Å². The molecule has 0 aliphatic rings. The molecule has 1 rings (SSSR count). The van der Waals surface area contributed by atoms with Crippen molar-refractivity contribution in [3.63, 3.8) is 0 Å². The van der Waals surface area contributed by atoms with E-state index in [0.717, 1.165) is 0 Å². The first-order valence-electron chi connectivity index (χ1n) is 2.31. The fourth-order valence-electron chi connectivity index (χ4n) is 0.449. The van der Waals surface area contributed by atoms with Gasteiger partial charge in [0, 0.05) is 11.1 Å². The summed E-state index contributed by atoms with van der Waals surface area (Å²) in [6, 6.07) is 1.68. The first-order valence-corrected chi connectivity index (χ1v) is 3.13. The number of nitrogen functional groups attached to an aromatic ring is 1. The van der Waals surface area contributed by atoms with Crippen LogP contribution < -0.4 is 5.73 Å². The average molecular weight is 201 g/mol. The van der Waals surface area contributed by atoms with Crippen LogP contribution in [0.4, 0.5) is 5.82 Å². The molecule has 0 aliphatic carbocycles. The molecule has 1 heterocycles. The van der Waals surface area contributed by atoms with Crippen molar-refractivity contribution in [1.29, 1.82) is 0 Å². The molecule has 50 valence electrons. The Morgan fingerprint density at radius 2 is 2.20 bits per heavy atom. The van der Waals surface area contributed by atoms with Crippen LogP contribution in [0.1, 0.15) is 0 Å². The second kappa shape index (κ2) is 4.98. The number of thiol groups is 1. The zero-order valence-corrected chi connectivity index (χ0v) is 6.15. The molecule has 0 fully saturated rings. The Kier molecular flexibility index (Phi) is 5.59. The van der Waals surface area contributed by atoms with Gasteiger partial charge in [-0.2, -0.15) is 0 Å². The number of anilines is 1. The molecule has 0 aromatic carbocycles. The molecule has 0 amide bonds. The van der Waals surface area contributed by atoms with Crippen LogP contribution in [0.25, 0.3) is 0 Å². The molecule has 0 radical (unpaired) electrons. The zero-order chi connectivity index (χ0) is 6.85. The fraction of sp³-hybridized carbons (Fsp3) is 0. The SMILES string of the molecule is Nc1nccc(S)c1Cl.[KH]. The summed E-state index contributed by atoms with van der Waals surface area (Å²) in [4.78, 5) is 4.39. The molecule has 0 bridgehead atoms. The summed E-state index contributed by atoms with van der Waals surface area (Å²) in [7, 11) is 0. The number of pyridine rings is 1. The average Bonchev–Trinajstić information content (AvgIpc) is 1.83. The molecule has 5 heteroatoms. The second-order valence-electron chi connectivity index (χ2n) is 1.53. The number of halogens is 1. The first kappa shape index (κ1) is 11.2. The fourth-order valence-corrected chi connectivity index (χ4v) is 0.742. The topological polar surface area (TPSA) is 38.9 Å². The summed E-state index contributed by atoms with van der Waals surface area (Å²) in [6.45, 7) is 0. The van der Waals surface area contributed by atoms with E-state index < -0.39 is 0 Å². The van der Waals surface area contributed by atoms with Gasteiger partial charge in [-0.3, -0.25) is 0 Å². The van der Waals surface area contributed by atoms with E-state index in [2.05, 4.69) is 17.6 Å². The normalized spacial score (nSPS) is 8.60. The number of aromatic nitrogens is 1. The quantitative estimate of drug-likeness (QED) is 0.484. The summed E-state index contributed by atoms with van der Waals surface area (Å²) in [5, 5.41) is 0.417. The van der Waals surface area contributed by atoms with Gasteiger partial charge in [-0.15, -0.1) is 12.6 Å². The van der Waals surface area contributed by atoms with Crippen LogP contribution in [0.2, 0.25) is 5.02 Å². The van der Waals surface area contributed by atoms with Crippen molar-refractivity contribution in [1.82, 2.24) is 4.98 Å². The molecular weight excluding hydrogens is 195 g/mol. The summed E-state index contributed by atoms with van der Waals surface area (Å²) in [5.41, 5.74) is 5.33. The van der Waals surface area contributed by atoms with E-state index in [0.29, 0.717) is 15.7 Å². The second-order valence-corrected chi connectivity index (χ2v) is 2.39. The van der Waals surface area contributed by atoms with E-state index >= 15 is 0 Å². The van der Waals surface area contributed by atoms with Crippen LogP contribution in [-0.2, 0) is 0 Å². The monoisotopic (exact) mass is 200 g/mol. The molecule has 0 atom stereocenters. The van der Waals surface area contributed by atoms with Gasteiger partial charge in [0.25, 0.3) is 0 Å². The maximum absolute atomic E-state index is 5.61. The van der Waals surface area contributed by atoms with Crippen molar-refractivity contribution >= 4 is 81.4 Å². The van der Waals surface area contributed by atoms with Gasteiger partial charge in [0.15, 0.2) is 0 Å². The van der Waals surface area contributed by atoms with Gasteiger partial charge < -0.3 is 5.73 Å². The molecule has 2 N–H and O–H groups in total. The molecule has 1 aromatic heterocycles. The van der Waals surface area contributed by atoms with Crippen molar-refractivity contribution < 1.29 is 0 Å². The number of nitrogens with zero attached hydrogens (tertiary/aromatic N) is 1. The van der Waals surface area contributed by atoms with Crippen LogP contribution in [0.15, 0.2) is 17.2 Å². The molecule has 0 unspecified atom stereocenters. The van der Waals surface area contributed by atoms with Gasteiger partial charge in [0.2, 0.25) is 0 Å². The third kappa shape index (κ3) is 2.69. The summed E-state index contributed by atoms with van der Waals surface area (Å²) >= 11 is 9.63. The van der Waals surface area contributed by atoms with Crippen molar-refractivity contribution in [3.05, 3.63) is 17.3 Å². The molecule has 2 nitrogen and oxygen atoms in total. The Morgan fingerprint density at radius 3 is 2.60 bits per heavy atom. The summed E-state index contributed by atoms with van der Waals surface area (Å²) < 4.78 is 0. The molecule has 1 aromatic rings. The van der Waals surface area contributed by atoms with Crippen molar-refractivity contribution in [3.8, 4) is 0 Å². The van der Waals surface area contributed by atoms with Crippen molar-refractivity contribution in [2.75, 3.05) is 5.73 Å². The Bertz CT molecular complexity index is 211. The third-order valence-electron chi connectivity index (χ3n) is 0.896. The minimum atomic E-state index is 0. The van der Waals surface area contributed by atoms with Crippen LogP contribution in [0.5, 0.6) is 0 Å². The van der Waals surface area contributed by atoms with Gasteiger partial charge in [-0.05, 0) is 6.07 Å². The Balaban J connectivity index is 0.000000810. The van der Waals surface area contributed by atoms with E-state index in [1.165, 1.54) is 0 Å². The van der Waals surface area contributed by atoms with Crippen LogP contribution >= 0.6 is 24.2 Å². The van der Waals surface area contributed by atoms with E-state index in [1.54, 1.807) is 12.3 Å². The zero-order valence-electron chi connectivity index (χ0n) is 4.50. The standard InChI is InChI=1S/C5H5ClN2S.K.H/c6-4-3(9)1-2-8-5(4)7;;/h1-2H,(H3,7,8,9);;. The Morgan fingerprint density at radius 1 is 1.60 bits per heavy atom. The van der Waals surface area contributed by atoms with E-state index in [4.69, 9.17) is 17.3 Å². The van der Waals surface area contributed by atoms with Gasteiger partial charge in [-0.25, -0.2) is 4.98 Å². The van der Waals surface area contributed by atoms with Crippen molar-refractivity contribution in [2.24, 2.45) is 0 Å². The minimum absolute atomic E-state index is 0. The Hall–Kier alpha value is 1.23. The van der Waals surface area contributed by atoms with E-state index in [1.807, 2.05) is 0 Å². The van der Waals surface area contributed by atoms with E-state index in [9.17, 15) is 0 Å². The first-order chi connectivity index (χ1) is 4.22. The number of rotatable bonds is 0. The van der Waals surface area contributed by atoms with Gasteiger partial charge in [0.1, 0.15) is 5.82 Å². The summed E-state index contributed by atoms with van der Waals surface area (Å²) in [6.07, 6.45) is 1.56. The van der Waals surface area contributed by atoms with Crippen LogP contribution in [-0.4, -0.2) is 56.4 Å². The molecule has 0 spiro atoms. The summed E-state index contributed by atoms with van der Waals surface area (Å²) in [5.74, 6) is 0.323. The number of nitrogens with two attached hydrogens (primary N) is 1. The third-order valence-corrected chi connectivity index (χ3v) is 1.80. The predicted molar refractivity (Wildman–Crippen MR) is 48.1 cm³/mol. The predicted octanol–water partition coefficient (Wildman–Crippen LogP) is 0.957. The molecule has 10 heavy (non-hydrogen) atoms. The van der Waals surface area contributed by atoms with Gasteiger partial charge in [-0.1, -0.05) is 11.6 Å². The number of hydrogen-bond acceptors (Lipinski definition) is 3. The molecule has 0 aliphatic heterocycles. The van der Waals surface area contributed by atoms with Crippen LogP contribution in [0.3, 0.4) is 0 Å². The van der Waals surface area contributed by atoms with Gasteiger partial charge in [0.05, 0.1) is 5.02 Å². The van der Waals surface area contributed by atoms with Gasteiger partial charge >= 0.3 is 51.4 Å². The molecule has 0 saturated heterocycles. The molecule has 0 saturated carbocycles. The Labute approximate surface area is 112 Å². The van der Waals surface area contributed by atoms with Crippen LogP contribution in [0, 0.1) is 0 Å². The van der Waals surface area contributed by atoms with Crippen molar-refractivity contribution in [2.45, 2.75) is 4.90 Å². The maximum atomic E-state index is 5.61. The number of hydrogen-bond donors (Lipinski definition) is 2. The molecular formula is C5H6ClKN2S.